The first-order valence-corrected chi connectivity index (χ1v) is 12.8. The highest BCUT2D eigenvalue weighted by molar-refractivity contribution is 6.08. The molecule has 1 spiro atoms. The lowest BCUT2D eigenvalue weighted by atomic mass is 9.80. The van der Waals surface area contributed by atoms with Crippen LogP contribution in [0.3, 0.4) is 0 Å². The highest BCUT2D eigenvalue weighted by Crippen LogP contribution is 2.47. The number of para-hydroxylation sites is 1. The largest absolute Gasteiger partial charge is 0.325 e. The molecule has 3 heterocycles. The molecule has 1 N–H and O–H groups in total. The predicted octanol–water partition coefficient (Wildman–Crippen LogP) is 4.21. The SMILES string of the molecule is CC(C)(C)C[C@@H](C(=O)N1C[C@]2(C[C@H]1C#N)C(=O)Nc1ccccc12)N1C(=O)C(N=[N+]=[N-])Cc2ccc(F)cc21. The summed E-state index contributed by atoms with van der Waals surface area (Å²) >= 11 is 0. The molecule has 0 bridgehead atoms. The molecule has 0 radical (unpaired) electrons. The lowest BCUT2D eigenvalue weighted by molar-refractivity contribution is -0.136. The van der Waals surface area contributed by atoms with Gasteiger partial charge in [0.25, 0.3) is 0 Å². The van der Waals surface area contributed by atoms with E-state index in [9.17, 15) is 24.0 Å². The Morgan fingerprint density at radius 1 is 1.31 bits per heavy atom. The molecule has 0 aromatic heterocycles. The van der Waals surface area contributed by atoms with Gasteiger partial charge in [-0.05, 0) is 53.1 Å². The molecule has 3 aliphatic heterocycles. The third kappa shape index (κ3) is 4.37. The normalized spacial score (nSPS) is 24.5. The molecule has 1 fully saturated rings. The number of carbonyl (C=O) groups is 3. The summed E-state index contributed by atoms with van der Waals surface area (Å²) in [5, 5.41) is 16.6. The van der Waals surface area contributed by atoms with Gasteiger partial charge in [0.15, 0.2) is 0 Å². The highest BCUT2D eigenvalue weighted by Gasteiger charge is 2.57. The van der Waals surface area contributed by atoms with Crippen LogP contribution in [0.25, 0.3) is 10.4 Å². The Morgan fingerprint density at radius 3 is 2.74 bits per heavy atom. The van der Waals surface area contributed by atoms with Gasteiger partial charge in [-0.15, -0.1) is 0 Å². The fourth-order valence-electron chi connectivity index (χ4n) is 6.03. The van der Waals surface area contributed by atoms with Crippen molar-refractivity contribution in [2.45, 2.75) is 63.6 Å². The number of nitrogens with zero attached hydrogens (tertiary/aromatic N) is 6. The smallest absolute Gasteiger partial charge is 0.246 e. The summed E-state index contributed by atoms with van der Waals surface area (Å²) in [7, 11) is 0. The molecule has 2 aromatic carbocycles. The van der Waals surface area contributed by atoms with E-state index in [2.05, 4.69) is 21.4 Å². The minimum atomic E-state index is -1.12. The fourth-order valence-corrected chi connectivity index (χ4v) is 6.03. The van der Waals surface area contributed by atoms with Crippen LogP contribution in [0.15, 0.2) is 47.6 Å². The fraction of sp³-hybridized carbons (Fsp3) is 0.429. The molecule has 10 nitrogen and oxygen atoms in total. The third-order valence-electron chi connectivity index (χ3n) is 7.75. The van der Waals surface area contributed by atoms with E-state index in [4.69, 9.17) is 5.53 Å². The second-order valence-electron chi connectivity index (χ2n) is 11.6. The monoisotopic (exact) mass is 529 g/mol. The van der Waals surface area contributed by atoms with Crippen LogP contribution in [-0.4, -0.2) is 47.3 Å². The number of fused-ring (bicyclic) bond motifs is 3. The lowest BCUT2D eigenvalue weighted by Gasteiger charge is -2.41. The second kappa shape index (κ2) is 9.40. The first-order valence-electron chi connectivity index (χ1n) is 12.8. The number of amides is 3. The van der Waals surface area contributed by atoms with E-state index >= 15 is 0 Å². The van der Waals surface area contributed by atoms with Crippen LogP contribution in [0.4, 0.5) is 15.8 Å². The minimum absolute atomic E-state index is 0.0363. The van der Waals surface area contributed by atoms with Gasteiger partial charge in [0.1, 0.15) is 23.9 Å². The topological polar surface area (TPSA) is 142 Å². The standard InChI is InChI=1S/C28H28FN7O3/c1-27(2,3)13-23(36-22-11-17(29)9-8-16(22)10-21(24(36)37)33-34-31)25(38)35-15-28(12-18(35)14-30)19-6-4-5-7-20(19)32-26(28)39/h4-9,11,18,21,23H,10,12-13,15H2,1-3H3,(H,32,39)/t18-,21?,23-,28-/m0/s1. The summed E-state index contributed by atoms with van der Waals surface area (Å²) in [6.07, 6.45) is 0.373. The number of benzene rings is 2. The zero-order chi connectivity index (χ0) is 28.1. The van der Waals surface area contributed by atoms with E-state index in [-0.39, 0.29) is 37.4 Å². The number of azide groups is 1. The van der Waals surface area contributed by atoms with Crippen molar-refractivity contribution in [1.29, 1.82) is 5.26 Å². The maximum Gasteiger partial charge on any atom is 0.246 e. The predicted molar refractivity (Wildman–Crippen MR) is 141 cm³/mol. The van der Waals surface area contributed by atoms with Crippen LogP contribution in [0.2, 0.25) is 0 Å². The quantitative estimate of drug-likeness (QED) is 0.359. The molecule has 4 atom stereocenters. The van der Waals surface area contributed by atoms with E-state index in [1.807, 2.05) is 32.9 Å². The zero-order valence-electron chi connectivity index (χ0n) is 21.9. The van der Waals surface area contributed by atoms with Crippen molar-refractivity contribution in [1.82, 2.24) is 4.90 Å². The van der Waals surface area contributed by atoms with Crippen molar-refractivity contribution in [2.24, 2.45) is 10.5 Å². The van der Waals surface area contributed by atoms with Gasteiger partial charge < -0.3 is 10.2 Å². The Morgan fingerprint density at radius 2 is 2.05 bits per heavy atom. The van der Waals surface area contributed by atoms with Crippen LogP contribution >= 0.6 is 0 Å². The molecule has 2 aromatic rings. The van der Waals surface area contributed by atoms with Gasteiger partial charge in [-0.2, -0.15) is 5.26 Å². The number of hydrogen-bond acceptors (Lipinski definition) is 5. The number of nitriles is 1. The second-order valence-corrected chi connectivity index (χ2v) is 11.6. The van der Waals surface area contributed by atoms with Crippen LogP contribution in [-0.2, 0) is 26.2 Å². The molecule has 0 aliphatic carbocycles. The van der Waals surface area contributed by atoms with Gasteiger partial charge in [-0.25, -0.2) is 4.39 Å². The van der Waals surface area contributed by atoms with Gasteiger partial charge in [0, 0.05) is 23.6 Å². The van der Waals surface area contributed by atoms with Crippen LogP contribution in [0.1, 0.15) is 44.7 Å². The van der Waals surface area contributed by atoms with Gasteiger partial charge in [-0.3, -0.25) is 19.3 Å². The number of likely N-dealkylation sites (tertiary alicyclic amines) is 1. The molecule has 0 saturated carbocycles. The number of anilines is 2. The molecule has 200 valence electrons. The van der Waals surface area contributed by atoms with E-state index in [1.165, 1.54) is 28.0 Å². The zero-order valence-corrected chi connectivity index (χ0v) is 21.9. The number of carbonyl (C=O) groups excluding carboxylic acids is 3. The molecule has 5 rings (SSSR count). The summed E-state index contributed by atoms with van der Waals surface area (Å²) < 4.78 is 14.4. The molecule has 11 heteroatoms. The number of rotatable bonds is 4. The average molecular weight is 530 g/mol. The maximum atomic E-state index is 14.4. The molecule has 39 heavy (non-hydrogen) atoms. The van der Waals surface area contributed by atoms with Gasteiger partial charge in [0.2, 0.25) is 17.7 Å². The lowest BCUT2D eigenvalue weighted by Crippen LogP contribution is -2.57. The molecule has 1 unspecified atom stereocenters. The van der Waals surface area contributed by atoms with Gasteiger partial charge in [0.05, 0.1) is 17.2 Å². The third-order valence-corrected chi connectivity index (χ3v) is 7.75. The Labute approximate surface area is 225 Å². The Balaban J connectivity index is 1.60. The molecule has 3 aliphatic rings. The van der Waals surface area contributed by atoms with Crippen molar-refractivity contribution in [2.75, 3.05) is 16.8 Å². The molecule has 3 amide bonds. The van der Waals surface area contributed by atoms with Crippen molar-refractivity contribution < 1.29 is 18.8 Å². The summed E-state index contributed by atoms with van der Waals surface area (Å²) in [6, 6.07) is 10.2. The number of halogens is 1. The Hall–Kier alpha value is -4.42. The molecule has 1 saturated heterocycles. The van der Waals surface area contributed by atoms with Crippen LogP contribution < -0.4 is 10.2 Å². The van der Waals surface area contributed by atoms with E-state index in [1.54, 1.807) is 12.1 Å². The highest BCUT2D eigenvalue weighted by atomic mass is 19.1. The van der Waals surface area contributed by atoms with Crippen molar-refractivity contribution in [3.05, 3.63) is 69.9 Å². The van der Waals surface area contributed by atoms with E-state index in [0.29, 0.717) is 11.3 Å². The maximum absolute atomic E-state index is 14.4. The Bertz CT molecular complexity index is 1470. The number of nitrogens with one attached hydrogen (secondary N) is 1. The molecular weight excluding hydrogens is 501 g/mol. The van der Waals surface area contributed by atoms with E-state index in [0.717, 1.165) is 5.56 Å². The molecular formula is C28H28FN7O3. The summed E-state index contributed by atoms with van der Waals surface area (Å²) in [6.45, 7) is 5.69. The van der Waals surface area contributed by atoms with Gasteiger partial charge in [-0.1, -0.05) is 50.2 Å². The van der Waals surface area contributed by atoms with Gasteiger partial charge >= 0.3 is 0 Å². The summed E-state index contributed by atoms with van der Waals surface area (Å²) in [4.78, 5) is 46.8. The van der Waals surface area contributed by atoms with Crippen LogP contribution in [0.5, 0.6) is 0 Å². The Kier molecular flexibility index (Phi) is 6.31. The minimum Gasteiger partial charge on any atom is -0.325 e. The van der Waals surface area contributed by atoms with Crippen molar-refractivity contribution in [3.8, 4) is 6.07 Å². The summed E-state index contributed by atoms with van der Waals surface area (Å²) in [5.41, 5.74) is 9.71. The van der Waals surface area contributed by atoms with Crippen molar-refractivity contribution >= 4 is 29.1 Å². The first kappa shape index (κ1) is 26.2. The average Bonchev–Trinajstić information content (AvgIpc) is 3.41. The summed E-state index contributed by atoms with van der Waals surface area (Å²) in [5.74, 6) is -1.99. The number of hydrogen-bond donors (Lipinski definition) is 1. The van der Waals surface area contributed by atoms with Crippen LogP contribution in [0, 0.1) is 22.6 Å². The van der Waals surface area contributed by atoms with E-state index < -0.39 is 46.6 Å². The first-order chi connectivity index (χ1) is 18.5. The van der Waals surface area contributed by atoms with Crippen molar-refractivity contribution in [3.63, 3.8) is 0 Å².